The van der Waals surface area contributed by atoms with E-state index in [1.165, 1.54) is 0 Å². The van der Waals surface area contributed by atoms with Crippen LogP contribution in [0.3, 0.4) is 0 Å². The van der Waals surface area contributed by atoms with Crippen molar-refractivity contribution in [2.45, 2.75) is 25.7 Å². The summed E-state index contributed by atoms with van der Waals surface area (Å²) in [4.78, 5) is -0.319. The summed E-state index contributed by atoms with van der Waals surface area (Å²) < 4.78 is 53.0. The van der Waals surface area contributed by atoms with Gasteiger partial charge in [-0.2, -0.15) is 0 Å². The van der Waals surface area contributed by atoms with Crippen molar-refractivity contribution >= 4 is 15.7 Å². The van der Waals surface area contributed by atoms with Crippen LogP contribution in [0.1, 0.15) is 16.7 Å². The largest absolute Gasteiger partial charge is 0.279 e. The minimum Gasteiger partial charge on any atom is -0.279 e. The Balaban J connectivity index is 2.44. The molecule has 112 valence electrons. The van der Waals surface area contributed by atoms with Crippen molar-refractivity contribution in [1.82, 2.24) is 0 Å². The van der Waals surface area contributed by atoms with Gasteiger partial charge >= 0.3 is 0 Å². The molecule has 0 saturated carbocycles. The number of anilines is 1. The number of halogens is 2. The van der Waals surface area contributed by atoms with Crippen LogP contribution in [-0.2, 0) is 10.0 Å². The Morgan fingerprint density at radius 3 is 2.00 bits per heavy atom. The summed E-state index contributed by atoms with van der Waals surface area (Å²) in [7, 11) is -3.97. The molecule has 0 heterocycles. The van der Waals surface area contributed by atoms with Crippen LogP contribution in [0.5, 0.6) is 0 Å². The number of aryl methyl sites for hydroxylation is 3. The van der Waals surface area contributed by atoms with Crippen LogP contribution in [0.25, 0.3) is 0 Å². The van der Waals surface area contributed by atoms with Gasteiger partial charge in [0.25, 0.3) is 10.0 Å². The van der Waals surface area contributed by atoms with Crippen molar-refractivity contribution in [2.24, 2.45) is 0 Å². The van der Waals surface area contributed by atoms with Gasteiger partial charge in [-0.05, 0) is 50.1 Å². The Morgan fingerprint density at radius 2 is 1.48 bits per heavy atom. The maximum atomic E-state index is 13.2. The molecule has 6 heteroatoms. The fraction of sp³-hybridized carbons (Fsp3) is 0.200. The molecule has 0 spiro atoms. The topological polar surface area (TPSA) is 46.2 Å². The normalized spacial score (nSPS) is 11.5. The minimum absolute atomic E-state index is 0.319. The summed E-state index contributed by atoms with van der Waals surface area (Å²) in [5, 5.41) is 0. The van der Waals surface area contributed by atoms with Gasteiger partial charge in [0.1, 0.15) is 0 Å². The third-order valence-corrected chi connectivity index (χ3v) is 4.46. The van der Waals surface area contributed by atoms with Gasteiger partial charge in [0.15, 0.2) is 11.6 Å². The van der Waals surface area contributed by atoms with Gasteiger partial charge in [-0.3, -0.25) is 4.72 Å². The smallest absolute Gasteiger partial charge is 0.262 e. The van der Waals surface area contributed by atoms with Crippen molar-refractivity contribution in [3.05, 3.63) is 58.7 Å². The molecule has 0 aliphatic rings. The molecule has 0 bridgehead atoms. The van der Waals surface area contributed by atoms with Crippen LogP contribution in [0, 0.1) is 32.4 Å². The van der Waals surface area contributed by atoms with E-state index in [-0.39, 0.29) is 4.90 Å². The second-order valence-corrected chi connectivity index (χ2v) is 6.64. The molecule has 0 aliphatic heterocycles. The molecular formula is C15H15F2NO2S. The van der Waals surface area contributed by atoms with Crippen molar-refractivity contribution < 1.29 is 17.2 Å². The highest BCUT2D eigenvalue weighted by molar-refractivity contribution is 7.92. The predicted octanol–water partition coefficient (Wildman–Crippen LogP) is 3.69. The van der Waals surface area contributed by atoms with Gasteiger partial charge in [0, 0.05) is 0 Å². The molecule has 0 aromatic heterocycles. The molecule has 2 aromatic carbocycles. The number of hydrogen-bond acceptors (Lipinski definition) is 2. The van der Waals surface area contributed by atoms with E-state index in [4.69, 9.17) is 0 Å². The Kier molecular flexibility index (Phi) is 4.00. The van der Waals surface area contributed by atoms with Crippen molar-refractivity contribution in [2.75, 3.05) is 4.72 Å². The number of rotatable bonds is 3. The molecule has 0 fully saturated rings. The molecule has 2 aromatic rings. The number of benzene rings is 2. The summed E-state index contributed by atoms with van der Waals surface area (Å²) in [6, 6.07) is 6.17. The zero-order chi connectivity index (χ0) is 15.8. The minimum atomic E-state index is -3.97. The number of nitrogens with one attached hydrogen (secondary N) is 1. The highest BCUT2D eigenvalue weighted by Crippen LogP contribution is 2.25. The first-order chi connectivity index (χ1) is 9.70. The van der Waals surface area contributed by atoms with E-state index in [1.807, 2.05) is 19.1 Å². The maximum Gasteiger partial charge on any atom is 0.262 e. The van der Waals surface area contributed by atoms with Crippen LogP contribution < -0.4 is 4.72 Å². The highest BCUT2D eigenvalue weighted by atomic mass is 32.2. The van der Waals surface area contributed by atoms with Crippen LogP contribution in [0.2, 0.25) is 0 Å². The van der Waals surface area contributed by atoms with Gasteiger partial charge in [-0.15, -0.1) is 0 Å². The molecule has 0 unspecified atom stereocenters. The summed E-state index contributed by atoms with van der Waals surface area (Å²) in [6.45, 7) is 5.47. The van der Waals surface area contributed by atoms with E-state index in [9.17, 15) is 17.2 Å². The van der Waals surface area contributed by atoms with E-state index in [2.05, 4.69) is 4.72 Å². The molecule has 0 atom stereocenters. The molecule has 1 N–H and O–H groups in total. The summed E-state index contributed by atoms with van der Waals surface area (Å²) in [5.41, 5.74) is 2.99. The van der Waals surface area contributed by atoms with Crippen LogP contribution in [-0.4, -0.2) is 8.42 Å². The van der Waals surface area contributed by atoms with Crippen molar-refractivity contribution in [1.29, 1.82) is 0 Å². The van der Waals surface area contributed by atoms with E-state index >= 15 is 0 Å². The second kappa shape index (κ2) is 5.44. The third-order valence-electron chi connectivity index (χ3n) is 3.11. The molecule has 0 aliphatic carbocycles. The predicted molar refractivity (Wildman–Crippen MR) is 77.8 cm³/mol. The third kappa shape index (κ3) is 3.21. The average Bonchev–Trinajstić information content (AvgIpc) is 2.37. The lowest BCUT2D eigenvalue weighted by molar-refractivity contribution is 0.504. The van der Waals surface area contributed by atoms with Gasteiger partial charge < -0.3 is 0 Å². The molecule has 0 radical (unpaired) electrons. The molecule has 0 saturated heterocycles. The van der Waals surface area contributed by atoms with E-state index in [0.29, 0.717) is 11.8 Å². The van der Waals surface area contributed by atoms with Crippen molar-refractivity contribution in [3.63, 3.8) is 0 Å². The zero-order valence-electron chi connectivity index (χ0n) is 11.9. The lowest BCUT2D eigenvalue weighted by Crippen LogP contribution is -2.15. The monoisotopic (exact) mass is 311 g/mol. The SMILES string of the molecule is Cc1cc(C)c(NS(=O)(=O)c2ccc(F)c(F)c2)c(C)c1. The Bertz CT molecular complexity index is 778. The summed E-state index contributed by atoms with van der Waals surface area (Å²) >= 11 is 0. The first-order valence-electron chi connectivity index (χ1n) is 6.26. The molecule has 2 rings (SSSR count). The summed E-state index contributed by atoms with van der Waals surface area (Å²) in [5.74, 6) is -2.29. The highest BCUT2D eigenvalue weighted by Gasteiger charge is 2.18. The quantitative estimate of drug-likeness (QED) is 0.939. The first kappa shape index (κ1) is 15.4. The van der Waals surface area contributed by atoms with Crippen LogP contribution >= 0.6 is 0 Å². The molecule has 3 nitrogen and oxygen atoms in total. The second-order valence-electron chi connectivity index (χ2n) is 4.96. The maximum absolute atomic E-state index is 13.2. The fourth-order valence-corrected chi connectivity index (χ4v) is 3.39. The van der Waals surface area contributed by atoms with Gasteiger partial charge in [-0.25, -0.2) is 17.2 Å². The standard InChI is InChI=1S/C15H15F2NO2S/c1-9-6-10(2)15(11(3)7-9)18-21(19,20)12-4-5-13(16)14(17)8-12/h4-8,18H,1-3H3. The molecule has 21 heavy (non-hydrogen) atoms. The Morgan fingerprint density at radius 1 is 0.905 bits per heavy atom. The van der Waals surface area contributed by atoms with E-state index < -0.39 is 21.7 Å². The Hall–Kier alpha value is -1.95. The molecule has 0 amide bonds. The van der Waals surface area contributed by atoms with E-state index in [1.54, 1.807) is 13.8 Å². The fourth-order valence-electron chi connectivity index (χ4n) is 2.18. The van der Waals surface area contributed by atoms with Gasteiger partial charge in [0.05, 0.1) is 10.6 Å². The van der Waals surface area contributed by atoms with Gasteiger partial charge in [0.2, 0.25) is 0 Å². The number of sulfonamides is 1. The van der Waals surface area contributed by atoms with Gasteiger partial charge in [-0.1, -0.05) is 17.7 Å². The van der Waals surface area contributed by atoms with E-state index in [0.717, 1.165) is 28.8 Å². The van der Waals surface area contributed by atoms with Crippen molar-refractivity contribution in [3.8, 4) is 0 Å². The first-order valence-corrected chi connectivity index (χ1v) is 7.75. The lowest BCUT2D eigenvalue weighted by Gasteiger charge is -2.14. The Labute approximate surface area is 122 Å². The molecular weight excluding hydrogens is 296 g/mol. The summed E-state index contributed by atoms with van der Waals surface area (Å²) in [6.07, 6.45) is 0. The average molecular weight is 311 g/mol. The van der Waals surface area contributed by atoms with Crippen LogP contribution in [0.15, 0.2) is 35.2 Å². The van der Waals surface area contributed by atoms with Crippen LogP contribution in [0.4, 0.5) is 14.5 Å². The number of hydrogen-bond donors (Lipinski definition) is 1. The zero-order valence-corrected chi connectivity index (χ0v) is 12.7. The lowest BCUT2D eigenvalue weighted by atomic mass is 10.1.